The highest BCUT2D eigenvalue weighted by Gasteiger charge is 2.23. The maximum atomic E-state index is 12.6. The first-order valence-corrected chi connectivity index (χ1v) is 7.40. The highest BCUT2D eigenvalue weighted by atomic mass is 32.1. The van der Waals surface area contributed by atoms with Crippen LogP contribution in [-0.4, -0.2) is 17.4 Å². The van der Waals surface area contributed by atoms with Crippen molar-refractivity contribution >= 4 is 17.2 Å². The molecule has 19 heavy (non-hydrogen) atoms. The molecule has 0 saturated heterocycles. The highest BCUT2D eigenvalue weighted by Crippen LogP contribution is 2.25. The van der Waals surface area contributed by atoms with E-state index in [1.54, 1.807) is 11.3 Å². The summed E-state index contributed by atoms with van der Waals surface area (Å²) in [4.78, 5) is 16.9. The van der Waals surface area contributed by atoms with Gasteiger partial charge in [0.1, 0.15) is 0 Å². The number of thiophene rings is 1. The predicted molar refractivity (Wildman–Crippen MR) is 78.7 cm³/mol. The van der Waals surface area contributed by atoms with Crippen LogP contribution in [0.1, 0.15) is 31.2 Å². The summed E-state index contributed by atoms with van der Waals surface area (Å²) in [5, 5.41) is 0. The SMILES string of the molecule is Cc1cc(C(=O)N2CCc3ccccc3C2)c(C)s1. The molecule has 0 atom stereocenters. The van der Waals surface area contributed by atoms with Crippen molar-refractivity contribution in [1.29, 1.82) is 0 Å². The normalized spacial score (nSPS) is 14.3. The van der Waals surface area contributed by atoms with Crippen LogP contribution in [0.3, 0.4) is 0 Å². The summed E-state index contributed by atoms with van der Waals surface area (Å²) in [6.45, 7) is 5.65. The molecule has 98 valence electrons. The van der Waals surface area contributed by atoms with Gasteiger partial charge in [-0.05, 0) is 37.5 Å². The third kappa shape index (κ3) is 2.30. The molecule has 3 rings (SSSR count). The molecule has 2 heterocycles. The Hall–Kier alpha value is -1.61. The Kier molecular flexibility index (Phi) is 3.15. The van der Waals surface area contributed by atoms with E-state index >= 15 is 0 Å². The van der Waals surface area contributed by atoms with Crippen molar-refractivity contribution in [2.45, 2.75) is 26.8 Å². The zero-order valence-corrected chi connectivity index (χ0v) is 12.1. The number of carbonyl (C=O) groups is 1. The molecule has 0 saturated carbocycles. The van der Waals surface area contributed by atoms with E-state index in [1.807, 2.05) is 24.0 Å². The smallest absolute Gasteiger partial charge is 0.255 e. The Morgan fingerprint density at radius 3 is 2.63 bits per heavy atom. The zero-order valence-electron chi connectivity index (χ0n) is 11.3. The lowest BCUT2D eigenvalue weighted by Crippen LogP contribution is -2.36. The summed E-state index contributed by atoms with van der Waals surface area (Å²) in [6, 6.07) is 10.4. The summed E-state index contributed by atoms with van der Waals surface area (Å²) in [6.07, 6.45) is 0.962. The number of hydrogen-bond acceptors (Lipinski definition) is 2. The molecule has 1 aromatic heterocycles. The third-order valence-corrected chi connectivity index (χ3v) is 4.66. The largest absolute Gasteiger partial charge is 0.334 e. The van der Waals surface area contributed by atoms with Gasteiger partial charge in [-0.25, -0.2) is 0 Å². The van der Waals surface area contributed by atoms with E-state index in [2.05, 4.69) is 25.1 Å². The van der Waals surface area contributed by atoms with Crippen LogP contribution in [0, 0.1) is 13.8 Å². The van der Waals surface area contributed by atoms with E-state index < -0.39 is 0 Å². The second-order valence-corrected chi connectivity index (χ2v) is 6.53. The molecular weight excluding hydrogens is 254 g/mol. The van der Waals surface area contributed by atoms with Crippen molar-refractivity contribution in [3.05, 3.63) is 56.8 Å². The predicted octanol–water partition coefficient (Wildman–Crippen LogP) is 3.56. The van der Waals surface area contributed by atoms with Crippen LogP contribution in [-0.2, 0) is 13.0 Å². The van der Waals surface area contributed by atoms with Crippen molar-refractivity contribution in [3.8, 4) is 0 Å². The average molecular weight is 271 g/mol. The first-order valence-electron chi connectivity index (χ1n) is 6.58. The van der Waals surface area contributed by atoms with Gasteiger partial charge in [0.2, 0.25) is 0 Å². The molecule has 0 aliphatic carbocycles. The van der Waals surface area contributed by atoms with Crippen LogP contribution in [0.5, 0.6) is 0 Å². The fourth-order valence-electron chi connectivity index (χ4n) is 2.68. The second-order valence-electron chi connectivity index (χ2n) is 5.07. The summed E-state index contributed by atoms with van der Waals surface area (Å²) in [5.41, 5.74) is 3.54. The topological polar surface area (TPSA) is 20.3 Å². The number of rotatable bonds is 1. The van der Waals surface area contributed by atoms with E-state index in [0.717, 1.165) is 30.0 Å². The van der Waals surface area contributed by atoms with E-state index in [0.29, 0.717) is 0 Å². The lowest BCUT2D eigenvalue weighted by molar-refractivity contribution is 0.0734. The van der Waals surface area contributed by atoms with Crippen molar-refractivity contribution in [1.82, 2.24) is 4.90 Å². The summed E-state index contributed by atoms with van der Waals surface area (Å²) in [7, 11) is 0. The zero-order chi connectivity index (χ0) is 13.4. The number of aryl methyl sites for hydroxylation is 2. The Labute approximate surface area is 117 Å². The quantitative estimate of drug-likeness (QED) is 0.776. The van der Waals surface area contributed by atoms with Gasteiger partial charge in [-0.3, -0.25) is 4.79 Å². The van der Waals surface area contributed by atoms with Crippen LogP contribution in [0.4, 0.5) is 0 Å². The molecule has 0 bridgehead atoms. The first kappa shape index (κ1) is 12.4. The standard InChI is InChI=1S/C16H17NOS/c1-11-9-15(12(2)19-11)16(18)17-8-7-13-5-3-4-6-14(13)10-17/h3-6,9H,7-8,10H2,1-2H3. The molecule has 0 radical (unpaired) electrons. The second kappa shape index (κ2) is 4.82. The third-order valence-electron chi connectivity index (χ3n) is 3.69. The fourth-order valence-corrected chi connectivity index (χ4v) is 3.60. The molecule has 0 N–H and O–H groups in total. The van der Waals surface area contributed by atoms with E-state index in [-0.39, 0.29) is 5.91 Å². The molecule has 0 fully saturated rings. The van der Waals surface area contributed by atoms with Gasteiger partial charge in [0.25, 0.3) is 5.91 Å². The minimum absolute atomic E-state index is 0.177. The first-order chi connectivity index (χ1) is 9.15. The Bertz CT molecular complexity index is 629. The molecule has 2 aromatic rings. The van der Waals surface area contributed by atoms with Crippen LogP contribution < -0.4 is 0 Å². The summed E-state index contributed by atoms with van der Waals surface area (Å²) < 4.78 is 0. The van der Waals surface area contributed by atoms with Gasteiger partial charge in [0, 0.05) is 22.8 Å². The van der Waals surface area contributed by atoms with Gasteiger partial charge in [0.15, 0.2) is 0 Å². The van der Waals surface area contributed by atoms with Gasteiger partial charge in [-0.2, -0.15) is 0 Å². The summed E-state index contributed by atoms with van der Waals surface area (Å²) >= 11 is 1.70. The average Bonchev–Trinajstić information content (AvgIpc) is 2.76. The maximum Gasteiger partial charge on any atom is 0.255 e. The van der Waals surface area contributed by atoms with Gasteiger partial charge >= 0.3 is 0 Å². The van der Waals surface area contributed by atoms with Crippen LogP contribution in [0.25, 0.3) is 0 Å². The van der Waals surface area contributed by atoms with Crippen molar-refractivity contribution in [2.24, 2.45) is 0 Å². The molecule has 3 heteroatoms. The molecule has 0 spiro atoms. The molecular formula is C16H17NOS. The lowest BCUT2D eigenvalue weighted by Gasteiger charge is -2.28. The Morgan fingerprint density at radius 1 is 1.21 bits per heavy atom. The minimum Gasteiger partial charge on any atom is -0.334 e. The van der Waals surface area contributed by atoms with Gasteiger partial charge in [0.05, 0.1) is 5.56 Å². The molecule has 1 amide bonds. The molecule has 1 aliphatic rings. The van der Waals surface area contributed by atoms with Crippen molar-refractivity contribution in [2.75, 3.05) is 6.54 Å². The Balaban J connectivity index is 1.85. The molecule has 1 aliphatic heterocycles. The molecule has 0 unspecified atom stereocenters. The Morgan fingerprint density at radius 2 is 1.95 bits per heavy atom. The van der Waals surface area contributed by atoms with Gasteiger partial charge in [-0.1, -0.05) is 24.3 Å². The molecule has 2 nitrogen and oxygen atoms in total. The number of amides is 1. The fraction of sp³-hybridized carbons (Fsp3) is 0.312. The van der Waals surface area contributed by atoms with Crippen LogP contribution >= 0.6 is 11.3 Å². The number of nitrogens with zero attached hydrogens (tertiary/aromatic N) is 1. The maximum absolute atomic E-state index is 12.6. The minimum atomic E-state index is 0.177. The number of fused-ring (bicyclic) bond motifs is 1. The van der Waals surface area contributed by atoms with Crippen molar-refractivity contribution < 1.29 is 4.79 Å². The van der Waals surface area contributed by atoms with Crippen LogP contribution in [0.15, 0.2) is 30.3 Å². The number of hydrogen-bond donors (Lipinski definition) is 0. The van der Waals surface area contributed by atoms with E-state index in [4.69, 9.17) is 0 Å². The van der Waals surface area contributed by atoms with E-state index in [9.17, 15) is 4.79 Å². The van der Waals surface area contributed by atoms with Crippen molar-refractivity contribution in [3.63, 3.8) is 0 Å². The van der Waals surface area contributed by atoms with Crippen LogP contribution in [0.2, 0.25) is 0 Å². The van der Waals surface area contributed by atoms with Gasteiger partial charge in [-0.15, -0.1) is 11.3 Å². The number of benzene rings is 1. The monoisotopic (exact) mass is 271 g/mol. The van der Waals surface area contributed by atoms with E-state index in [1.165, 1.54) is 16.0 Å². The highest BCUT2D eigenvalue weighted by molar-refractivity contribution is 7.12. The lowest BCUT2D eigenvalue weighted by atomic mass is 9.99. The summed E-state index contributed by atoms with van der Waals surface area (Å²) in [5.74, 6) is 0.177. The van der Waals surface area contributed by atoms with Gasteiger partial charge < -0.3 is 4.90 Å². The molecule has 1 aromatic carbocycles. The number of carbonyl (C=O) groups excluding carboxylic acids is 1.